The zero-order chi connectivity index (χ0) is 18.1. The van der Waals surface area contributed by atoms with Crippen molar-refractivity contribution in [3.63, 3.8) is 0 Å². The lowest BCUT2D eigenvalue weighted by molar-refractivity contribution is -0.384. The van der Waals surface area contributed by atoms with Crippen LogP contribution in [-0.2, 0) is 11.3 Å². The van der Waals surface area contributed by atoms with Crippen molar-refractivity contribution in [3.05, 3.63) is 72.1 Å². The Kier molecular flexibility index (Phi) is 4.51. The zero-order valence-corrected chi connectivity index (χ0v) is 14.3. The molecule has 0 saturated carbocycles. The first-order valence-electron chi connectivity index (χ1n) is 6.94. The van der Waals surface area contributed by atoms with E-state index in [2.05, 4.69) is 4.98 Å². The summed E-state index contributed by atoms with van der Waals surface area (Å²) < 4.78 is 6.54. The highest BCUT2D eigenvalue weighted by Crippen LogP contribution is 2.23. The van der Waals surface area contributed by atoms with E-state index in [0.29, 0.717) is 4.96 Å². The van der Waals surface area contributed by atoms with Gasteiger partial charge in [-0.15, -0.1) is 11.3 Å². The number of carbonyl (C=O) groups is 1. The summed E-state index contributed by atoms with van der Waals surface area (Å²) in [6.07, 6.45) is 0. The van der Waals surface area contributed by atoms with Crippen LogP contribution in [0.5, 0.6) is 0 Å². The summed E-state index contributed by atoms with van der Waals surface area (Å²) >= 11 is 7.19. The summed E-state index contributed by atoms with van der Waals surface area (Å²) in [6, 6.07) is 4.75. The number of hydrogen-bond acceptors (Lipinski definition) is 7. The lowest BCUT2D eigenvalue weighted by Crippen LogP contribution is -2.16. The number of non-ortho nitro benzene ring substituents is 1. The van der Waals surface area contributed by atoms with Crippen LogP contribution in [0.15, 0.2) is 34.4 Å². The number of aryl methyl sites for hydroxylation is 1. The quantitative estimate of drug-likeness (QED) is 0.392. The van der Waals surface area contributed by atoms with E-state index < -0.39 is 10.9 Å². The van der Waals surface area contributed by atoms with Gasteiger partial charge in [-0.05, 0) is 13.0 Å². The number of benzene rings is 1. The second-order valence-corrected chi connectivity index (χ2v) is 6.32. The van der Waals surface area contributed by atoms with Crippen LogP contribution >= 0.6 is 22.9 Å². The minimum atomic E-state index is -0.835. The van der Waals surface area contributed by atoms with Gasteiger partial charge in [-0.1, -0.05) is 11.6 Å². The third-order valence-corrected chi connectivity index (χ3v) is 4.63. The molecule has 128 valence electrons. The molecule has 0 radical (unpaired) electrons. The van der Waals surface area contributed by atoms with Crippen molar-refractivity contribution in [2.24, 2.45) is 0 Å². The van der Waals surface area contributed by atoms with E-state index in [1.807, 2.05) is 0 Å². The highest BCUT2D eigenvalue weighted by molar-refractivity contribution is 7.15. The van der Waals surface area contributed by atoms with E-state index in [1.54, 1.807) is 12.3 Å². The Morgan fingerprint density at radius 1 is 1.44 bits per heavy atom. The van der Waals surface area contributed by atoms with Gasteiger partial charge in [0.15, 0.2) is 4.96 Å². The van der Waals surface area contributed by atoms with Gasteiger partial charge in [0.1, 0.15) is 6.61 Å². The Morgan fingerprint density at radius 3 is 2.92 bits per heavy atom. The first kappa shape index (κ1) is 17.1. The van der Waals surface area contributed by atoms with E-state index in [-0.39, 0.29) is 34.1 Å². The molecule has 0 N–H and O–H groups in total. The van der Waals surface area contributed by atoms with Crippen LogP contribution in [0.25, 0.3) is 4.96 Å². The molecule has 0 bridgehead atoms. The molecule has 0 aliphatic heterocycles. The highest BCUT2D eigenvalue weighted by Gasteiger charge is 2.17. The molecule has 0 fully saturated rings. The van der Waals surface area contributed by atoms with Crippen LogP contribution in [0, 0.1) is 17.0 Å². The molecule has 3 aromatic rings. The van der Waals surface area contributed by atoms with Crippen molar-refractivity contribution < 1.29 is 14.5 Å². The third kappa shape index (κ3) is 3.37. The van der Waals surface area contributed by atoms with Crippen LogP contribution < -0.4 is 5.56 Å². The predicted molar refractivity (Wildman–Crippen MR) is 91.3 cm³/mol. The first-order valence-corrected chi connectivity index (χ1v) is 8.20. The SMILES string of the molecule is Cc1csc2nc(COC(=O)c3cc([N+](=O)[O-])ccc3Cl)cc(=O)n12. The molecule has 8 nitrogen and oxygen atoms in total. The number of ether oxygens (including phenoxy) is 1. The van der Waals surface area contributed by atoms with Crippen LogP contribution in [0.3, 0.4) is 0 Å². The van der Waals surface area contributed by atoms with E-state index in [1.165, 1.54) is 33.9 Å². The molecule has 1 aromatic carbocycles. The lowest BCUT2D eigenvalue weighted by atomic mass is 10.2. The molecule has 0 spiro atoms. The van der Waals surface area contributed by atoms with Crippen LogP contribution in [-0.4, -0.2) is 20.3 Å². The maximum absolute atomic E-state index is 12.1. The number of aromatic nitrogens is 2. The van der Waals surface area contributed by atoms with E-state index >= 15 is 0 Å². The number of nitrogens with zero attached hydrogens (tertiary/aromatic N) is 3. The number of thiazole rings is 1. The Labute approximate surface area is 149 Å². The fourth-order valence-corrected chi connectivity index (χ4v) is 3.26. The van der Waals surface area contributed by atoms with Crippen molar-refractivity contribution in [2.75, 3.05) is 0 Å². The number of esters is 1. The number of rotatable bonds is 4. The van der Waals surface area contributed by atoms with E-state index in [0.717, 1.165) is 11.8 Å². The summed E-state index contributed by atoms with van der Waals surface area (Å²) in [5.41, 5.74) is 0.373. The second kappa shape index (κ2) is 6.61. The molecule has 0 saturated heterocycles. The minimum absolute atomic E-state index is 0.0352. The first-order chi connectivity index (χ1) is 11.9. The number of nitro groups is 1. The molecule has 0 aliphatic rings. The van der Waals surface area contributed by atoms with Crippen molar-refractivity contribution >= 4 is 39.6 Å². The lowest BCUT2D eigenvalue weighted by Gasteiger charge is -2.06. The summed E-state index contributed by atoms with van der Waals surface area (Å²) in [4.78, 5) is 39.1. The Morgan fingerprint density at radius 2 is 2.20 bits per heavy atom. The molecule has 0 aliphatic carbocycles. The maximum atomic E-state index is 12.1. The molecule has 10 heteroatoms. The minimum Gasteiger partial charge on any atom is -0.456 e. The largest absolute Gasteiger partial charge is 0.456 e. The average molecular weight is 380 g/mol. The molecule has 0 atom stereocenters. The second-order valence-electron chi connectivity index (χ2n) is 5.08. The van der Waals surface area contributed by atoms with Gasteiger partial charge < -0.3 is 4.74 Å². The van der Waals surface area contributed by atoms with Crippen molar-refractivity contribution in [2.45, 2.75) is 13.5 Å². The zero-order valence-electron chi connectivity index (χ0n) is 12.8. The van der Waals surface area contributed by atoms with Gasteiger partial charge in [-0.2, -0.15) is 0 Å². The number of nitro benzene ring substituents is 1. The number of fused-ring (bicyclic) bond motifs is 1. The van der Waals surface area contributed by atoms with Gasteiger partial charge >= 0.3 is 5.97 Å². The third-order valence-electron chi connectivity index (χ3n) is 3.36. The fraction of sp³-hybridized carbons (Fsp3) is 0.133. The normalized spacial score (nSPS) is 10.8. The maximum Gasteiger partial charge on any atom is 0.340 e. The molecule has 2 aromatic heterocycles. The molecule has 25 heavy (non-hydrogen) atoms. The smallest absolute Gasteiger partial charge is 0.340 e. The van der Waals surface area contributed by atoms with Crippen molar-refractivity contribution in [1.29, 1.82) is 0 Å². The summed E-state index contributed by atoms with van der Waals surface area (Å²) in [5.74, 6) is -0.835. The van der Waals surface area contributed by atoms with Crippen molar-refractivity contribution in [3.8, 4) is 0 Å². The topological polar surface area (TPSA) is 104 Å². The number of halogens is 1. The van der Waals surface area contributed by atoms with Gasteiger partial charge in [-0.3, -0.25) is 19.3 Å². The summed E-state index contributed by atoms with van der Waals surface area (Å²) in [7, 11) is 0. The standard InChI is InChI=1S/C15H10ClN3O5S/c1-8-7-25-15-17-9(4-13(20)18(8)15)6-24-14(21)11-5-10(19(22)23)2-3-12(11)16/h2-5,7H,6H2,1H3. The number of hydrogen-bond donors (Lipinski definition) is 0. The Balaban J connectivity index is 1.82. The molecular weight excluding hydrogens is 370 g/mol. The van der Waals surface area contributed by atoms with Gasteiger partial charge in [-0.25, -0.2) is 9.78 Å². The number of carbonyl (C=O) groups excluding carboxylic acids is 1. The molecule has 0 unspecified atom stereocenters. The van der Waals surface area contributed by atoms with Crippen LogP contribution in [0.1, 0.15) is 21.7 Å². The van der Waals surface area contributed by atoms with Gasteiger partial charge in [0.25, 0.3) is 11.2 Å². The molecule has 0 amide bonds. The fourth-order valence-electron chi connectivity index (χ4n) is 2.18. The van der Waals surface area contributed by atoms with Crippen LogP contribution in [0.2, 0.25) is 5.02 Å². The molecular formula is C15H10ClN3O5S. The Bertz CT molecular complexity index is 1060. The predicted octanol–water partition coefficient (Wildman–Crippen LogP) is 2.98. The Hall–Kier alpha value is -2.78. The summed E-state index contributed by atoms with van der Waals surface area (Å²) in [6.45, 7) is 1.54. The average Bonchev–Trinajstić information content (AvgIpc) is 2.94. The highest BCUT2D eigenvalue weighted by atomic mass is 35.5. The summed E-state index contributed by atoms with van der Waals surface area (Å²) in [5, 5.41) is 12.6. The molecule has 3 rings (SSSR count). The van der Waals surface area contributed by atoms with E-state index in [9.17, 15) is 19.7 Å². The van der Waals surface area contributed by atoms with Gasteiger partial charge in [0.05, 0.1) is 21.2 Å². The molecule has 2 heterocycles. The van der Waals surface area contributed by atoms with Crippen molar-refractivity contribution in [1.82, 2.24) is 9.38 Å². The monoisotopic (exact) mass is 379 g/mol. The van der Waals surface area contributed by atoms with E-state index in [4.69, 9.17) is 16.3 Å². The van der Waals surface area contributed by atoms with Gasteiger partial charge in [0.2, 0.25) is 0 Å². The van der Waals surface area contributed by atoms with Gasteiger partial charge in [0, 0.05) is 29.3 Å². The van der Waals surface area contributed by atoms with Crippen LogP contribution in [0.4, 0.5) is 5.69 Å².